The van der Waals surface area contributed by atoms with E-state index in [0.717, 1.165) is 12.2 Å². The van der Waals surface area contributed by atoms with E-state index in [9.17, 15) is 0 Å². The highest BCUT2D eigenvalue weighted by molar-refractivity contribution is 6.30. The number of halogens is 1. The van der Waals surface area contributed by atoms with Gasteiger partial charge in [-0.2, -0.15) is 0 Å². The lowest BCUT2D eigenvalue weighted by molar-refractivity contribution is 0.0974. The number of hydrogen-bond acceptors (Lipinski definition) is 2. The van der Waals surface area contributed by atoms with Crippen LogP contribution >= 0.6 is 11.6 Å². The molecule has 0 fully saturated rings. The molecule has 78 valence electrons. The van der Waals surface area contributed by atoms with E-state index in [1.165, 1.54) is 0 Å². The van der Waals surface area contributed by atoms with Crippen molar-refractivity contribution in [2.45, 2.75) is 20.5 Å². The van der Waals surface area contributed by atoms with Crippen LogP contribution in [0.4, 0.5) is 5.69 Å². The molecule has 3 heteroatoms. The number of hydrogen-bond donors (Lipinski definition) is 1. The quantitative estimate of drug-likeness (QED) is 0.781. The number of nitrogen functional groups attached to an aromatic ring is 1. The van der Waals surface area contributed by atoms with Gasteiger partial charge in [-0.25, -0.2) is 0 Å². The lowest BCUT2D eigenvalue weighted by Crippen LogP contribution is -2.03. The van der Waals surface area contributed by atoms with Crippen molar-refractivity contribution in [1.29, 1.82) is 0 Å². The van der Waals surface area contributed by atoms with Crippen LogP contribution in [0.15, 0.2) is 18.2 Å². The second-order valence-electron chi connectivity index (χ2n) is 3.75. The standard InChI is InChI=1S/C11H16ClNO/c1-8(2)6-14-7-9-3-4-10(12)5-11(9)13/h3-5,8H,6-7,13H2,1-2H3. The van der Waals surface area contributed by atoms with Crippen LogP contribution in [0.1, 0.15) is 19.4 Å². The average molecular weight is 214 g/mol. The summed E-state index contributed by atoms with van der Waals surface area (Å²) in [7, 11) is 0. The predicted molar refractivity (Wildman–Crippen MR) is 60.4 cm³/mol. The second-order valence-corrected chi connectivity index (χ2v) is 4.19. The number of nitrogens with two attached hydrogens (primary N) is 1. The normalized spacial score (nSPS) is 10.9. The molecule has 2 nitrogen and oxygen atoms in total. The van der Waals surface area contributed by atoms with Gasteiger partial charge in [0, 0.05) is 22.9 Å². The molecule has 0 bridgehead atoms. The monoisotopic (exact) mass is 213 g/mol. The topological polar surface area (TPSA) is 35.2 Å². The Labute approximate surface area is 90.0 Å². The average Bonchev–Trinajstić information content (AvgIpc) is 2.08. The third kappa shape index (κ3) is 3.56. The highest BCUT2D eigenvalue weighted by Gasteiger charge is 2.01. The van der Waals surface area contributed by atoms with E-state index in [0.29, 0.717) is 23.2 Å². The first-order valence-corrected chi connectivity index (χ1v) is 5.09. The summed E-state index contributed by atoms with van der Waals surface area (Å²) < 4.78 is 5.48. The van der Waals surface area contributed by atoms with E-state index in [1.807, 2.05) is 12.1 Å². The second kappa shape index (κ2) is 5.23. The van der Waals surface area contributed by atoms with E-state index in [1.54, 1.807) is 6.07 Å². The minimum absolute atomic E-state index is 0.545. The lowest BCUT2D eigenvalue weighted by atomic mass is 10.2. The van der Waals surface area contributed by atoms with Crippen LogP contribution in [0, 0.1) is 5.92 Å². The fraction of sp³-hybridized carbons (Fsp3) is 0.455. The summed E-state index contributed by atoms with van der Waals surface area (Å²) in [4.78, 5) is 0. The number of anilines is 1. The third-order valence-corrected chi connectivity index (χ3v) is 2.05. The van der Waals surface area contributed by atoms with Crippen molar-refractivity contribution < 1.29 is 4.74 Å². The highest BCUT2D eigenvalue weighted by Crippen LogP contribution is 2.18. The van der Waals surface area contributed by atoms with Gasteiger partial charge in [-0.05, 0) is 18.1 Å². The molecule has 14 heavy (non-hydrogen) atoms. The molecule has 0 aromatic heterocycles. The molecule has 2 N–H and O–H groups in total. The molecule has 0 aliphatic heterocycles. The Balaban J connectivity index is 2.51. The minimum Gasteiger partial charge on any atom is -0.398 e. The van der Waals surface area contributed by atoms with Crippen LogP contribution < -0.4 is 5.73 Å². The van der Waals surface area contributed by atoms with E-state index in [-0.39, 0.29) is 0 Å². The zero-order valence-corrected chi connectivity index (χ0v) is 9.34. The Morgan fingerprint density at radius 1 is 1.43 bits per heavy atom. The van der Waals surface area contributed by atoms with Crippen LogP contribution in [0.2, 0.25) is 5.02 Å². The van der Waals surface area contributed by atoms with Gasteiger partial charge in [0.1, 0.15) is 0 Å². The molecule has 0 saturated heterocycles. The number of rotatable bonds is 4. The molecule has 0 unspecified atom stereocenters. The van der Waals surface area contributed by atoms with Gasteiger partial charge in [0.25, 0.3) is 0 Å². The van der Waals surface area contributed by atoms with Gasteiger partial charge in [0.2, 0.25) is 0 Å². The van der Waals surface area contributed by atoms with Gasteiger partial charge in [0.05, 0.1) is 6.61 Å². The summed E-state index contributed by atoms with van der Waals surface area (Å²) in [5.74, 6) is 0.545. The van der Waals surface area contributed by atoms with Gasteiger partial charge in [-0.3, -0.25) is 0 Å². The number of benzene rings is 1. The largest absolute Gasteiger partial charge is 0.398 e. The zero-order chi connectivity index (χ0) is 10.6. The Bertz CT molecular complexity index is 299. The van der Waals surface area contributed by atoms with Gasteiger partial charge in [-0.1, -0.05) is 31.5 Å². The van der Waals surface area contributed by atoms with Gasteiger partial charge in [-0.15, -0.1) is 0 Å². The van der Waals surface area contributed by atoms with E-state index < -0.39 is 0 Å². The zero-order valence-electron chi connectivity index (χ0n) is 8.59. The lowest BCUT2D eigenvalue weighted by Gasteiger charge is -2.09. The molecule has 0 amide bonds. The Kier molecular flexibility index (Phi) is 4.23. The fourth-order valence-corrected chi connectivity index (χ4v) is 1.28. The minimum atomic E-state index is 0.545. The van der Waals surface area contributed by atoms with Crippen LogP contribution in [-0.2, 0) is 11.3 Å². The summed E-state index contributed by atoms with van der Waals surface area (Å²) >= 11 is 5.78. The first-order chi connectivity index (χ1) is 6.59. The first-order valence-electron chi connectivity index (χ1n) is 4.71. The molecule has 0 aliphatic carbocycles. The first kappa shape index (κ1) is 11.3. The molecule has 0 radical (unpaired) electrons. The highest BCUT2D eigenvalue weighted by atomic mass is 35.5. The van der Waals surface area contributed by atoms with Crippen LogP contribution in [0.25, 0.3) is 0 Å². The van der Waals surface area contributed by atoms with Crippen molar-refractivity contribution in [2.75, 3.05) is 12.3 Å². The summed E-state index contributed by atoms with van der Waals surface area (Å²) in [6.07, 6.45) is 0. The van der Waals surface area contributed by atoms with Crippen molar-refractivity contribution in [3.8, 4) is 0 Å². The maximum Gasteiger partial charge on any atom is 0.0737 e. The molecule has 0 atom stereocenters. The van der Waals surface area contributed by atoms with Crippen molar-refractivity contribution in [1.82, 2.24) is 0 Å². The molecular weight excluding hydrogens is 198 g/mol. The smallest absolute Gasteiger partial charge is 0.0737 e. The van der Waals surface area contributed by atoms with E-state index in [2.05, 4.69) is 13.8 Å². The Morgan fingerprint density at radius 2 is 2.14 bits per heavy atom. The molecule has 1 aromatic carbocycles. The Hall–Kier alpha value is -0.730. The van der Waals surface area contributed by atoms with Crippen LogP contribution in [-0.4, -0.2) is 6.61 Å². The van der Waals surface area contributed by atoms with Gasteiger partial charge >= 0.3 is 0 Å². The molecule has 0 saturated carbocycles. The van der Waals surface area contributed by atoms with Crippen molar-refractivity contribution in [3.63, 3.8) is 0 Å². The summed E-state index contributed by atoms with van der Waals surface area (Å²) in [5, 5.41) is 0.662. The molecule has 0 aliphatic rings. The third-order valence-electron chi connectivity index (χ3n) is 1.82. The molecule has 1 rings (SSSR count). The molecule has 0 spiro atoms. The van der Waals surface area contributed by atoms with Gasteiger partial charge < -0.3 is 10.5 Å². The predicted octanol–water partition coefficient (Wildman–Crippen LogP) is 3.09. The fourth-order valence-electron chi connectivity index (χ4n) is 1.10. The summed E-state index contributed by atoms with van der Waals surface area (Å²) in [6.45, 7) is 5.54. The molecule has 1 aromatic rings. The van der Waals surface area contributed by atoms with Crippen molar-refractivity contribution in [2.24, 2.45) is 5.92 Å². The SMILES string of the molecule is CC(C)COCc1ccc(Cl)cc1N. The van der Waals surface area contributed by atoms with Crippen LogP contribution in [0.5, 0.6) is 0 Å². The Morgan fingerprint density at radius 3 is 2.71 bits per heavy atom. The maximum atomic E-state index is 5.78. The molecule has 0 heterocycles. The van der Waals surface area contributed by atoms with Crippen molar-refractivity contribution in [3.05, 3.63) is 28.8 Å². The van der Waals surface area contributed by atoms with E-state index >= 15 is 0 Å². The van der Waals surface area contributed by atoms with Crippen LogP contribution in [0.3, 0.4) is 0 Å². The van der Waals surface area contributed by atoms with Gasteiger partial charge in [0.15, 0.2) is 0 Å². The van der Waals surface area contributed by atoms with Crippen molar-refractivity contribution >= 4 is 17.3 Å². The molecular formula is C11H16ClNO. The van der Waals surface area contributed by atoms with E-state index in [4.69, 9.17) is 22.1 Å². The maximum absolute atomic E-state index is 5.78. The summed E-state index contributed by atoms with van der Waals surface area (Å²) in [6, 6.07) is 5.47. The number of ether oxygens (including phenoxy) is 1. The summed E-state index contributed by atoms with van der Waals surface area (Å²) in [5.41, 5.74) is 7.46.